The molecule has 2 heterocycles. The van der Waals surface area contributed by atoms with Gasteiger partial charge in [0.05, 0.1) is 17.0 Å². The van der Waals surface area contributed by atoms with Gasteiger partial charge in [-0.2, -0.15) is 5.26 Å². The molecule has 5 nitrogen and oxygen atoms in total. The first-order chi connectivity index (χ1) is 10.7. The number of benzene rings is 1. The third-order valence-corrected chi connectivity index (χ3v) is 3.78. The van der Waals surface area contributed by atoms with Crippen molar-refractivity contribution in [3.05, 3.63) is 54.0 Å². The van der Waals surface area contributed by atoms with Crippen molar-refractivity contribution >= 4 is 16.9 Å². The second kappa shape index (κ2) is 5.86. The topological polar surface area (TPSA) is 57.7 Å². The van der Waals surface area contributed by atoms with E-state index in [0.29, 0.717) is 5.56 Å². The molecule has 0 atom stereocenters. The molecule has 0 saturated carbocycles. The van der Waals surface area contributed by atoms with Crippen LogP contribution in [0.1, 0.15) is 18.1 Å². The summed E-state index contributed by atoms with van der Waals surface area (Å²) in [5.41, 5.74) is 2.77. The van der Waals surface area contributed by atoms with Crippen LogP contribution >= 0.6 is 0 Å². The van der Waals surface area contributed by atoms with Crippen molar-refractivity contribution in [2.45, 2.75) is 13.5 Å². The Morgan fingerprint density at radius 1 is 1.18 bits per heavy atom. The lowest BCUT2D eigenvalue weighted by atomic mass is 10.1. The molecular formula is C17H17N5. The summed E-state index contributed by atoms with van der Waals surface area (Å²) in [6, 6.07) is 11.9. The zero-order chi connectivity index (χ0) is 15.5. The number of nitriles is 1. The van der Waals surface area contributed by atoms with Gasteiger partial charge in [0.25, 0.3) is 0 Å². The van der Waals surface area contributed by atoms with Crippen LogP contribution in [-0.2, 0) is 13.6 Å². The van der Waals surface area contributed by atoms with E-state index in [1.54, 1.807) is 6.33 Å². The summed E-state index contributed by atoms with van der Waals surface area (Å²) in [5, 5.41) is 9.93. The van der Waals surface area contributed by atoms with Crippen LogP contribution in [0.15, 0.2) is 42.9 Å². The molecule has 5 heteroatoms. The van der Waals surface area contributed by atoms with Gasteiger partial charge in [0.15, 0.2) is 0 Å². The zero-order valence-corrected chi connectivity index (χ0v) is 12.7. The number of nitrogens with zero attached hydrogens (tertiary/aromatic N) is 5. The molecule has 1 aromatic carbocycles. The first kappa shape index (κ1) is 14.1. The van der Waals surface area contributed by atoms with Crippen LogP contribution in [0.4, 0.5) is 5.82 Å². The van der Waals surface area contributed by atoms with E-state index >= 15 is 0 Å². The molecular weight excluding hydrogens is 274 g/mol. The molecule has 3 rings (SSSR count). The molecule has 0 fully saturated rings. The van der Waals surface area contributed by atoms with Gasteiger partial charge < -0.3 is 9.47 Å². The predicted octanol–water partition coefficient (Wildman–Crippen LogP) is 2.87. The van der Waals surface area contributed by atoms with E-state index < -0.39 is 0 Å². The average molecular weight is 291 g/mol. The molecule has 0 aliphatic heterocycles. The molecule has 0 spiro atoms. The number of hydrogen-bond acceptors (Lipinski definition) is 4. The van der Waals surface area contributed by atoms with Gasteiger partial charge in [-0.1, -0.05) is 12.1 Å². The Labute approximate surface area is 129 Å². The van der Waals surface area contributed by atoms with E-state index in [-0.39, 0.29) is 0 Å². The van der Waals surface area contributed by atoms with Crippen LogP contribution in [0, 0.1) is 11.3 Å². The van der Waals surface area contributed by atoms with Crippen molar-refractivity contribution in [2.24, 2.45) is 7.05 Å². The second-order valence-corrected chi connectivity index (χ2v) is 5.18. The third-order valence-electron chi connectivity index (χ3n) is 3.78. The van der Waals surface area contributed by atoms with Gasteiger partial charge >= 0.3 is 0 Å². The molecule has 0 aliphatic rings. The number of aromatic nitrogens is 3. The van der Waals surface area contributed by atoms with E-state index in [0.717, 1.165) is 35.5 Å². The monoisotopic (exact) mass is 291 g/mol. The van der Waals surface area contributed by atoms with Gasteiger partial charge in [0.2, 0.25) is 0 Å². The number of aryl methyl sites for hydroxylation is 1. The minimum atomic E-state index is 0.680. The van der Waals surface area contributed by atoms with Gasteiger partial charge in [-0.15, -0.1) is 0 Å². The van der Waals surface area contributed by atoms with Gasteiger partial charge in [0, 0.05) is 26.3 Å². The Hall–Kier alpha value is -2.87. The summed E-state index contributed by atoms with van der Waals surface area (Å²) in [5.74, 6) is 0.942. The molecule has 3 aromatic rings. The summed E-state index contributed by atoms with van der Waals surface area (Å²) in [4.78, 5) is 11.0. The Bertz CT molecular complexity index is 826. The highest BCUT2D eigenvalue weighted by atomic mass is 15.2. The fourth-order valence-corrected chi connectivity index (χ4v) is 2.56. The van der Waals surface area contributed by atoms with Crippen molar-refractivity contribution in [3.8, 4) is 6.07 Å². The Kier molecular flexibility index (Phi) is 3.75. The minimum Gasteiger partial charge on any atom is -0.352 e. The van der Waals surface area contributed by atoms with Crippen LogP contribution in [-0.4, -0.2) is 21.1 Å². The molecule has 2 aromatic heterocycles. The van der Waals surface area contributed by atoms with Crippen LogP contribution in [0.5, 0.6) is 0 Å². The van der Waals surface area contributed by atoms with Crippen molar-refractivity contribution in [1.82, 2.24) is 14.5 Å². The van der Waals surface area contributed by atoms with E-state index in [9.17, 15) is 0 Å². The highest BCUT2D eigenvalue weighted by molar-refractivity contribution is 5.87. The van der Waals surface area contributed by atoms with Crippen molar-refractivity contribution < 1.29 is 0 Å². The lowest BCUT2D eigenvalue weighted by Crippen LogP contribution is -2.23. The average Bonchev–Trinajstić information content (AvgIpc) is 2.95. The maximum absolute atomic E-state index is 8.88. The van der Waals surface area contributed by atoms with E-state index in [4.69, 9.17) is 5.26 Å². The summed E-state index contributed by atoms with van der Waals surface area (Å²) in [6.45, 7) is 3.71. The van der Waals surface area contributed by atoms with E-state index in [2.05, 4.69) is 27.9 Å². The molecule has 0 amide bonds. The number of fused-ring (bicyclic) bond motifs is 1. The quantitative estimate of drug-likeness (QED) is 0.741. The highest BCUT2D eigenvalue weighted by Crippen LogP contribution is 2.24. The van der Waals surface area contributed by atoms with Crippen LogP contribution in [0.25, 0.3) is 11.0 Å². The van der Waals surface area contributed by atoms with Crippen LogP contribution in [0.3, 0.4) is 0 Å². The molecule has 0 unspecified atom stereocenters. The standard InChI is InChI=1S/C17H17N5/c1-3-22(11-14-6-4-13(10-18)5-7-14)17-15-8-9-21(2)16(15)19-12-20-17/h4-9,12H,3,11H2,1-2H3. The molecule has 22 heavy (non-hydrogen) atoms. The second-order valence-electron chi connectivity index (χ2n) is 5.18. The Balaban J connectivity index is 1.94. The first-order valence-corrected chi connectivity index (χ1v) is 7.23. The third kappa shape index (κ3) is 2.51. The summed E-state index contributed by atoms with van der Waals surface area (Å²) >= 11 is 0. The van der Waals surface area contributed by atoms with E-state index in [1.165, 1.54) is 0 Å². The SMILES string of the molecule is CCN(Cc1ccc(C#N)cc1)c1ncnc2c1ccn2C. The Morgan fingerprint density at radius 3 is 2.64 bits per heavy atom. The number of hydrogen-bond donors (Lipinski definition) is 0. The summed E-state index contributed by atoms with van der Waals surface area (Å²) < 4.78 is 2.00. The molecule has 0 bridgehead atoms. The minimum absolute atomic E-state index is 0.680. The maximum Gasteiger partial charge on any atom is 0.145 e. The number of rotatable bonds is 4. The lowest BCUT2D eigenvalue weighted by molar-refractivity contribution is 0.815. The first-order valence-electron chi connectivity index (χ1n) is 7.23. The van der Waals surface area contributed by atoms with Crippen molar-refractivity contribution in [2.75, 3.05) is 11.4 Å². The predicted molar refractivity (Wildman–Crippen MR) is 86.4 cm³/mol. The van der Waals surface area contributed by atoms with Gasteiger partial charge in [-0.3, -0.25) is 0 Å². The lowest BCUT2D eigenvalue weighted by Gasteiger charge is -2.22. The van der Waals surface area contributed by atoms with E-state index in [1.807, 2.05) is 48.1 Å². The van der Waals surface area contributed by atoms with Crippen molar-refractivity contribution in [1.29, 1.82) is 5.26 Å². The van der Waals surface area contributed by atoms with Crippen molar-refractivity contribution in [3.63, 3.8) is 0 Å². The number of anilines is 1. The molecule has 0 radical (unpaired) electrons. The molecule has 0 saturated heterocycles. The fraction of sp³-hybridized carbons (Fsp3) is 0.235. The largest absolute Gasteiger partial charge is 0.352 e. The highest BCUT2D eigenvalue weighted by Gasteiger charge is 2.13. The van der Waals surface area contributed by atoms with Gasteiger partial charge in [0.1, 0.15) is 17.8 Å². The fourth-order valence-electron chi connectivity index (χ4n) is 2.56. The maximum atomic E-state index is 8.88. The van der Waals surface area contributed by atoms with Crippen LogP contribution < -0.4 is 4.90 Å². The van der Waals surface area contributed by atoms with Crippen LogP contribution in [0.2, 0.25) is 0 Å². The summed E-state index contributed by atoms with van der Waals surface area (Å²) in [7, 11) is 1.98. The smallest absolute Gasteiger partial charge is 0.145 e. The molecule has 0 aliphatic carbocycles. The van der Waals surface area contributed by atoms with Gasteiger partial charge in [-0.25, -0.2) is 9.97 Å². The zero-order valence-electron chi connectivity index (χ0n) is 12.7. The Morgan fingerprint density at radius 2 is 1.95 bits per heavy atom. The molecule has 110 valence electrons. The molecule has 0 N–H and O–H groups in total. The van der Waals surface area contributed by atoms with Gasteiger partial charge in [-0.05, 0) is 30.7 Å². The normalized spacial score (nSPS) is 10.6. The summed E-state index contributed by atoms with van der Waals surface area (Å²) in [6.07, 6.45) is 3.61.